The van der Waals surface area contributed by atoms with E-state index in [4.69, 9.17) is 11.6 Å². The molecular weight excluding hydrogens is 274 g/mol. The molecule has 2 heterocycles. The van der Waals surface area contributed by atoms with Gasteiger partial charge in [0.25, 0.3) is 5.91 Å². The van der Waals surface area contributed by atoms with Crippen molar-refractivity contribution in [3.63, 3.8) is 0 Å². The van der Waals surface area contributed by atoms with Gasteiger partial charge in [-0.2, -0.15) is 0 Å². The molecule has 1 aliphatic heterocycles. The minimum Gasteiger partial charge on any atom is -0.352 e. The highest BCUT2D eigenvalue weighted by Crippen LogP contribution is 2.15. The molecule has 0 radical (unpaired) electrons. The number of rotatable bonds is 5. The lowest BCUT2D eigenvalue weighted by Crippen LogP contribution is -2.35. The van der Waals surface area contributed by atoms with E-state index >= 15 is 0 Å². The fourth-order valence-corrected chi connectivity index (χ4v) is 2.61. The first-order chi connectivity index (χ1) is 9.65. The Morgan fingerprint density at radius 3 is 2.95 bits per heavy atom. The molecule has 2 rings (SSSR count). The first-order valence-corrected chi connectivity index (χ1v) is 7.65. The van der Waals surface area contributed by atoms with Crippen LogP contribution in [0.1, 0.15) is 36.5 Å². The average molecular weight is 296 g/mol. The smallest absolute Gasteiger partial charge is 0.251 e. The van der Waals surface area contributed by atoms with Gasteiger partial charge in [-0.1, -0.05) is 18.5 Å². The first-order valence-electron chi connectivity index (χ1n) is 7.27. The van der Waals surface area contributed by atoms with Crippen LogP contribution in [0.5, 0.6) is 0 Å². The van der Waals surface area contributed by atoms with E-state index in [2.05, 4.69) is 22.1 Å². The number of nitrogens with zero attached hydrogens (tertiary/aromatic N) is 2. The number of aromatic nitrogens is 1. The van der Waals surface area contributed by atoms with Gasteiger partial charge in [-0.3, -0.25) is 4.79 Å². The molecule has 0 atom stereocenters. The number of pyridine rings is 1. The number of amides is 1. The van der Waals surface area contributed by atoms with Crippen LogP contribution in [0.4, 0.5) is 0 Å². The average Bonchev–Trinajstić information content (AvgIpc) is 2.45. The van der Waals surface area contributed by atoms with Gasteiger partial charge in [0.15, 0.2) is 0 Å². The minimum absolute atomic E-state index is 0.0819. The van der Waals surface area contributed by atoms with Crippen molar-refractivity contribution in [3.05, 3.63) is 29.0 Å². The van der Waals surface area contributed by atoms with Crippen molar-refractivity contribution in [1.29, 1.82) is 0 Å². The summed E-state index contributed by atoms with van der Waals surface area (Å²) in [6.07, 6.45) is 5.12. The highest BCUT2D eigenvalue weighted by atomic mass is 35.5. The molecule has 1 aromatic heterocycles. The highest BCUT2D eigenvalue weighted by molar-refractivity contribution is 6.29. The molecule has 1 aliphatic rings. The van der Waals surface area contributed by atoms with E-state index in [1.807, 2.05) is 0 Å². The van der Waals surface area contributed by atoms with E-state index < -0.39 is 0 Å². The lowest BCUT2D eigenvalue weighted by Gasteiger charge is -2.30. The summed E-state index contributed by atoms with van der Waals surface area (Å²) >= 11 is 5.77. The summed E-state index contributed by atoms with van der Waals surface area (Å²) in [5.74, 6) is 0.781. The van der Waals surface area contributed by atoms with Gasteiger partial charge in [-0.15, -0.1) is 0 Å². The molecule has 5 heteroatoms. The van der Waals surface area contributed by atoms with Gasteiger partial charge >= 0.3 is 0 Å². The standard InChI is InChI=1S/C15H22ClN3O/c1-12-4-9-19(10-5-12)8-2-6-18-15(20)13-3-7-17-14(16)11-13/h3,7,11-12H,2,4-6,8-10H2,1H3,(H,18,20). The topological polar surface area (TPSA) is 45.2 Å². The van der Waals surface area contributed by atoms with Crippen LogP contribution in [-0.4, -0.2) is 42.0 Å². The van der Waals surface area contributed by atoms with Crippen molar-refractivity contribution in [3.8, 4) is 0 Å². The quantitative estimate of drug-likeness (QED) is 0.671. The number of halogens is 1. The highest BCUT2D eigenvalue weighted by Gasteiger charge is 2.14. The Hall–Kier alpha value is -1.13. The summed E-state index contributed by atoms with van der Waals surface area (Å²) in [5, 5.41) is 3.27. The first kappa shape index (κ1) is 15.3. The summed E-state index contributed by atoms with van der Waals surface area (Å²) < 4.78 is 0. The number of carbonyl (C=O) groups is 1. The van der Waals surface area contributed by atoms with E-state index in [1.165, 1.54) is 25.9 Å². The second-order valence-electron chi connectivity index (χ2n) is 5.50. The lowest BCUT2D eigenvalue weighted by molar-refractivity contribution is 0.0950. The molecule has 0 aromatic carbocycles. The van der Waals surface area contributed by atoms with Gasteiger partial charge in [0, 0.05) is 18.3 Å². The molecule has 1 N–H and O–H groups in total. The monoisotopic (exact) mass is 295 g/mol. The normalized spacial score (nSPS) is 17.1. The van der Waals surface area contributed by atoms with Gasteiger partial charge in [0.1, 0.15) is 5.15 Å². The Morgan fingerprint density at radius 1 is 1.50 bits per heavy atom. The van der Waals surface area contributed by atoms with Gasteiger partial charge in [-0.25, -0.2) is 4.98 Å². The molecule has 1 fully saturated rings. The molecule has 110 valence electrons. The third-order valence-electron chi connectivity index (χ3n) is 3.80. The van der Waals surface area contributed by atoms with Gasteiger partial charge in [-0.05, 0) is 56.9 Å². The van der Waals surface area contributed by atoms with Crippen LogP contribution >= 0.6 is 11.6 Å². The second kappa shape index (κ2) is 7.60. The SMILES string of the molecule is CC1CCN(CCCNC(=O)c2ccnc(Cl)c2)CC1. The Morgan fingerprint density at radius 2 is 2.25 bits per heavy atom. The molecule has 1 saturated heterocycles. The summed E-state index contributed by atoms with van der Waals surface area (Å²) in [4.78, 5) is 18.2. The number of nitrogens with one attached hydrogen (secondary N) is 1. The van der Waals surface area contributed by atoms with Crippen molar-refractivity contribution in [2.75, 3.05) is 26.2 Å². The third-order valence-corrected chi connectivity index (χ3v) is 4.01. The Balaban J connectivity index is 1.64. The van der Waals surface area contributed by atoms with E-state index in [1.54, 1.807) is 18.3 Å². The van der Waals surface area contributed by atoms with Crippen LogP contribution in [0, 0.1) is 5.92 Å². The third kappa shape index (κ3) is 4.76. The van der Waals surface area contributed by atoms with Crippen LogP contribution in [0.25, 0.3) is 0 Å². The Kier molecular flexibility index (Phi) is 5.80. The van der Waals surface area contributed by atoms with Gasteiger partial charge in [0.2, 0.25) is 0 Å². The number of likely N-dealkylation sites (tertiary alicyclic amines) is 1. The van der Waals surface area contributed by atoms with Crippen molar-refractivity contribution >= 4 is 17.5 Å². The number of hydrogen-bond acceptors (Lipinski definition) is 3. The Bertz CT molecular complexity index is 444. The van der Waals surface area contributed by atoms with Crippen LogP contribution in [0.3, 0.4) is 0 Å². The largest absolute Gasteiger partial charge is 0.352 e. The molecule has 1 aromatic rings. The molecule has 4 nitrogen and oxygen atoms in total. The molecule has 0 saturated carbocycles. The zero-order valence-electron chi connectivity index (χ0n) is 11.9. The Labute approximate surface area is 125 Å². The van der Waals surface area contributed by atoms with E-state index in [-0.39, 0.29) is 5.91 Å². The fraction of sp³-hybridized carbons (Fsp3) is 0.600. The van der Waals surface area contributed by atoms with Crippen molar-refractivity contribution in [1.82, 2.24) is 15.2 Å². The van der Waals surface area contributed by atoms with Crippen molar-refractivity contribution < 1.29 is 4.79 Å². The van der Waals surface area contributed by atoms with E-state index in [9.17, 15) is 4.79 Å². The maximum atomic E-state index is 11.9. The predicted octanol–water partition coefficient (Wildman–Crippen LogP) is 2.59. The number of piperidine rings is 1. The van der Waals surface area contributed by atoms with Crippen LogP contribution in [-0.2, 0) is 0 Å². The minimum atomic E-state index is -0.0819. The predicted molar refractivity (Wildman–Crippen MR) is 81.0 cm³/mol. The maximum Gasteiger partial charge on any atom is 0.251 e. The summed E-state index contributed by atoms with van der Waals surface area (Å²) in [5.41, 5.74) is 0.566. The fourth-order valence-electron chi connectivity index (χ4n) is 2.44. The summed E-state index contributed by atoms with van der Waals surface area (Å²) in [6, 6.07) is 3.26. The van der Waals surface area contributed by atoms with Crippen molar-refractivity contribution in [2.24, 2.45) is 5.92 Å². The van der Waals surface area contributed by atoms with Crippen LogP contribution in [0.15, 0.2) is 18.3 Å². The van der Waals surface area contributed by atoms with Crippen LogP contribution < -0.4 is 5.32 Å². The second-order valence-corrected chi connectivity index (χ2v) is 5.89. The maximum absolute atomic E-state index is 11.9. The van der Waals surface area contributed by atoms with Crippen LogP contribution in [0.2, 0.25) is 5.15 Å². The van der Waals surface area contributed by atoms with Gasteiger partial charge in [0.05, 0.1) is 0 Å². The molecule has 0 aliphatic carbocycles. The summed E-state index contributed by atoms with van der Waals surface area (Å²) in [6.45, 7) is 6.45. The molecule has 0 unspecified atom stereocenters. The van der Waals surface area contributed by atoms with Gasteiger partial charge < -0.3 is 10.2 Å². The van der Waals surface area contributed by atoms with E-state index in [0.29, 0.717) is 17.3 Å². The number of carbonyl (C=O) groups excluding carboxylic acids is 1. The molecule has 0 bridgehead atoms. The van der Waals surface area contributed by atoms with Crippen molar-refractivity contribution in [2.45, 2.75) is 26.2 Å². The molecule has 20 heavy (non-hydrogen) atoms. The zero-order chi connectivity index (χ0) is 14.4. The molecule has 1 amide bonds. The number of hydrogen-bond donors (Lipinski definition) is 1. The summed E-state index contributed by atoms with van der Waals surface area (Å²) in [7, 11) is 0. The zero-order valence-corrected chi connectivity index (χ0v) is 12.7. The van der Waals surface area contributed by atoms with E-state index in [0.717, 1.165) is 18.9 Å². The molecule has 0 spiro atoms. The molecular formula is C15H22ClN3O. The lowest BCUT2D eigenvalue weighted by atomic mass is 9.99.